The van der Waals surface area contributed by atoms with Gasteiger partial charge in [-0.1, -0.05) is 32.0 Å². The van der Waals surface area contributed by atoms with Gasteiger partial charge in [-0.15, -0.1) is 0 Å². The number of aromatic carboxylic acids is 1. The summed E-state index contributed by atoms with van der Waals surface area (Å²) in [5.74, 6) is -0.0532. The Morgan fingerprint density at radius 1 is 1.09 bits per heavy atom. The van der Waals surface area contributed by atoms with Crippen molar-refractivity contribution in [3.05, 3.63) is 70.0 Å². The third kappa shape index (κ3) is 3.58. The average Bonchev–Trinajstić information content (AvgIpc) is 3.21. The molecule has 0 saturated carbocycles. The Balaban J connectivity index is 1.78. The molecule has 0 atom stereocenters. The van der Waals surface area contributed by atoms with E-state index in [0.717, 1.165) is 28.1 Å². The minimum Gasteiger partial charge on any atom is -0.496 e. The molecule has 4 rings (SSSR count). The van der Waals surface area contributed by atoms with E-state index in [-0.39, 0.29) is 11.5 Å². The number of hydrogen-bond donors (Lipinski definition) is 3. The van der Waals surface area contributed by atoms with Gasteiger partial charge in [0.05, 0.1) is 18.2 Å². The highest BCUT2D eigenvalue weighted by atomic mass is 16.5. The molecule has 2 aromatic carbocycles. The Morgan fingerprint density at radius 2 is 1.84 bits per heavy atom. The number of rotatable bonds is 5. The second kappa shape index (κ2) is 8.04. The van der Waals surface area contributed by atoms with Gasteiger partial charge in [-0.3, -0.25) is 4.79 Å². The van der Waals surface area contributed by atoms with Crippen LogP contribution in [0.4, 0.5) is 5.69 Å². The number of fused-ring (bicyclic) bond motifs is 1. The number of aryl methyl sites for hydroxylation is 1. The fraction of sp³-hybridized carbons (Fsp3) is 0.231. The average molecular weight is 431 g/mol. The maximum Gasteiger partial charge on any atom is 0.337 e. The Kier molecular flexibility index (Phi) is 5.38. The minimum absolute atomic E-state index is 0.219. The van der Waals surface area contributed by atoms with Gasteiger partial charge < -0.3 is 20.1 Å². The Labute approximate surface area is 186 Å². The molecule has 1 aliphatic rings. The molecule has 3 aromatic rings. The van der Waals surface area contributed by atoms with Crippen LogP contribution in [-0.4, -0.2) is 29.1 Å². The molecule has 6 nitrogen and oxygen atoms in total. The van der Waals surface area contributed by atoms with Crippen LogP contribution in [0.25, 0.3) is 22.8 Å². The zero-order valence-electron chi connectivity index (χ0n) is 18.8. The van der Waals surface area contributed by atoms with Crippen molar-refractivity contribution in [1.29, 1.82) is 0 Å². The van der Waals surface area contributed by atoms with Crippen molar-refractivity contribution >= 4 is 29.2 Å². The van der Waals surface area contributed by atoms with Gasteiger partial charge in [0.25, 0.3) is 5.91 Å². The summed E-state index contributed by atoms with van der Waals surface area (Å²) >= 11 is 0. The van der Waals surface area contributed by atoms with Crippen molar-refractivity contribution in [3.63, 3.8) is 0 Å². The summed E-state index contributed by atoms with van der Waals surface area (Å²) in [6.07, 6.45) is 1.72. The van der Waals surface area contributed by atoms with Crippen LogP contribution >= 0.6 is 0 Å². The molecule has 1 aliphatic heterocycles. The molecule has 3 N–H and O–H groups in total. The second-order valence-corrected chi connectivity index (χ2v) is 8.36. The van der Waals surface area contributed by atoms with Crippen LogP contribution < -0.4 is 10.1 Å². The van der Waals surface area contributed by atoms with E-state index in [1.807, 2.05) is 24.3 Å². The van der Waals surface area contributed by atoms with E-state index in [2.05, 4.69) is 36.3 Å². The van der Waals surface area contributed by atoms with Crippen LogP contribution in [-0.2, 0) is 4.79 Å². The Hall–Kier alpha value is -3.80. The number of nitrogens with one attached hydrogen (secondary N) is 2. The lowest BCUT2D eigenvalue weighted by Gasteiger charge is -2.14. The number of carboxylic acids is 1. The van der Waals surface area contributed by atoms with Crippen LogP contribution in [0.3, 0.4) is 0 Å². The number of carbonyl (C=O) groups is 2. The predicted octanol–water partition coefficient (Wildman–Crippen LogP) is 5.62. The first-order valence-corrected chi connectivity index (χ1v) is 10.5. The largest absolute Gasteiger partial charge is 0.496 e. The second-order valence-electron chi connectivity index (χ2n) is 8.36. The third-order valence-corrected chi connectivity index (χ3v) is 5.98. The highest BCUT2D eigenvalue weighted by Gasteiger charge is 2.26. The summed E-state index contributed by atoms with van der Waals surface area (Å²) in [6, 6.07) is 12.0. The van der Waals surface area contributed by atoms with Gasteiger partial charge in [-0.2, -0.15) is 0 Å². The first-order valence-electron chi connectivity index (χ1n) is 10.5. The van der Waals surface area contributed by atoms with E-state index in [4.69, 9.17) is 4.74 Å². The molecule has 2 heterocycles. The number of aromatic amines is 1. The van der Waals surface area contributed by atoms with E-state index >= 15 is 0 Å². The van der Waals surface area contributed by atoms with Gasteiger partial charge in [0.1, 0.15) is 5.75 Å². The molecule has 1 amide bonds. The fourth-order valence-electron chi connectivity index (χ4n) is 4.20. The first kappa shape index (κ1) is 21.4. The van der Waals surface area contributed by atoms with Crippen molar-refractivity contribution in [2.45, 2.75) is 33.6 Å². The quantitative estimate of drug-likeness (QED) is 0.458. The molecule has 0 spiro atoms. The van der Waals surface area contributed by atoms with E-state index in [0.29, 0.717) is 28.4 Å². The number of benzene rings is 2. The standard InChI is InChI=1S/C26H26N2O4/c1-13(2)16-7-9-23(32-5)19(10-16)17-6-8-18-20(25(29)28-22(18)11-17)12-21-14(3)24(26(30)31)15(4)27-21/h6-13,27H,1-5H3,(H,28,29)(H,30,31)/b20-12-. The zero-order chi connectivity index (χ0) is 23.2. The number of carbonyl (C=O) groups excluding carboxylic acids is 1. The minimum atomic E-state index is -0.987. The number of ether oxygens (including phenoxy) is 1. The SMILES string of the molecule is COc1ccc(C(C)C)cc1-c1ccc2c(c1)NC(=O)/C2=C\c1[nH]c(C)c(C(=O)O)c1C. The molecule has 6 heteroatoms. The number of hydrogen-bond acceptors (Lipinski definition) is 3. The van der Waals surface area contributed by atoms with Gasteiger partial charge in [0, 0.05) is 28.2 Å². The monoisotopic (exact) mass is 430 g/mol. The van der Waals surface area contributed by atoms with Crippen molar-refractivity contribution in [2.75, 3.05) is 12.4 Å². The van der Waals surface area contributed by atoms with Crippen LogP contribution in [0.15, 0.2) is 36.4 Å². The highest BCUT2D eigenvalue weighted by Crippen LogP contribution is 2.39. The maximum absolute atomic E-state index is 12.8. The normalized spacial score (nSPS) is 14.1. The van der Waals surface area contributed by atoms with Gasteiger partial charge in [0.15, 0.2) is 0 Å². The van der Waals surface area contributed by atoms with Crippen molar-refractivity contribution in [2.24, 2.45) is 0 Å². The summed E-state index contributed by atoms with van der Waals surface area (Å²) in [5.41, 5.74) is 7.14. The number of carboxylic acid groups (broad SMARTS) is 1. The number of methoxy groups -OCH3 is 1. The maximum atomic E-state index is 12.8. The lowest BCUT2D eigenvalue weighted by Crippen LogP contribution is -2.03. The molecule has 0 saturated heterocycles. The molecule has 0 unspecified atom stereocenters. The zero-order valence-corrected chi connectivity index (χ0v) is 18.8. The number of amides is 1. The number of H-pyrrole nitrogens is 1. The summed E-state index contributed by atoms with van der Waals surface area (Å²) < 4.78 is 5.57. The summed E-state index contributed by atoms with van der Waals surface area (Å²) in [5, 5.41) is 12.4. The molecular weight excluding hydrogens is 404 g/mol. The molecule has 0 radical (unpaired) electrons. The van der Waals surface area contributed by atoms with Crippen LogP contribution in [0.5, 0.6) is 5.75 Å². The van der Waals surface area contributed by atoms with E-state index in [9.17, 15) is 14.7 Å². The van der Waals surface area contributed by atoms with E-state index < -0.39 is 5.97 Å². The van der Waals surface area contributed by atoms with Gasteiger partial charge in [-0.05, 0) is 60.7 Å². The molecule has 32 heavy (non-hydrogen) atoms. The topological polar surface area (TPSA) is 91.4 Å². The van der Waals surface area contributed by atoms with Gasteiger partial charge in [-0.25, -0.2) is 4.79 Å². The predicted molar refractivity (Wildman–Crippen MR) is 126 cm³/mol. The van der Waals surface area contributed by atoms with Crippen molar-refractivity contribution < 1.29 is 19.4 Å². The summed E-state index contributed by atoms with van der Waals surface area (Å²) in [4.78, 5) is 27.4. The molecule has 164 valence electrons. The first-order chi connectivity index (χ1) is 15.2. The fourth-order valence-corrected chi connectivity index (χ4v) is 4.20. The van der Waals surface area contributed by atoms with Crippen LogP contribution in [0.2, 0.25) is 0 Å². The molecular formula is C26H26N2O4. The van der Waals surface area contributed by atoms with E-state index in [1.165, 1.54) is 5.56 Å². The smallest absolute Gasteiger partial charge is 0.337 e. The number of anilines is 1. The molecule has 0 bridgehead atoms. The molecule has 0 fully saturated rings. The van der Waals surface area contributed by atoms with Gasteiger partial charge >= 0.3 is 5.97 Å². The molecule has 0 aliphatic carbocycles. The lowest BCUT2D eigenvalue weighted by molar-refractivity contribution is -0.110. The summed E-state index contributed by atoms with van der Waals surface area (Å²) in [6.45, 7) is 7.74. The highest BCUT2D eigenvalue weighted by molar-refractivity contribution is 6.35. The van der Waals surface area contributed by atoms with Crippen molar-refractivity contribution in [1.82, 2.24) is 4.98 Å². The third-order valence-electron chi connectivity index (χ3n) is 5.98. The van der Waals surface area contributed by atoms with Gasteiger partial charge in [0.2, 0.25) is 0 Å². The Bertz CT molecular complexity index is 1280. The van der Waals surface area contributed by atoms with E-state index in [1.54, 1.807) is 27.0 Å². The Morgan fingerprint density at radius 3 is 2.47 bits per heavy atom. The number of aromatic nitrogens is 1. The van der Waals surface area contributed by atoms with Crippen LogP contribution in [0.1, 0.15) is 58.2 Å². The summed E-state index contributed by atoms with van der Waals surface area (Å²) in [7, 11) is 1.65. The van der Waals surface area contributed by atoms with Crippen molar-refractivity contribution in [3.8, 4) is 16.9 Å². The van der Waals surface area contributed by atoms with Crippen LogP contribution in [0, 0.1) is 13.8 Å². The lowest BCUT2D eigenvalue weighted by atomic mass is 9.95. The molecule has 1 aromatic heterocycles.